The van der Waals surface area contributed by atoms with Crippen molar-refractivity contribution >= 4 is 29.0 Å². The lowest BCUT2D eigenvalue weighted by atomic mass is 10.2. The second-order valence-corrected chi connectivity index (χ2v) is 7.28. The molecule has 1 N–H and O–H groups in total. The maximum Gasteiger partial charge on any atom is 0.338 e. The Labute approximate surface area is 172 Å². The van der Waals surface area contributed by atoms with Gasteiger partial charge in [0.2, 0.25) is 11.7 Å². The molecule has 1 aromatic heterocycles. The molecule has 0 fully saturated rings. The van der Waals surface area contributed by atoms with Gasteiger partial charge in [-0.05, 0) is 48.5 Å². The van der Waals surface area contributed by atoms with Crippen LogP contribution in [0.4, 0.5) is 0 Å². The largest absolute Gasteiger partial charge is 0.457 e. The van der Waals surface area contributed by atoms with Crippen molar-refractivity contribution in [3.05, 3.63) is 82.0 Å². The van der Waals surface area contributed by atoms with Crippen LogP contribution in [0.1, 0.15) is 31.8 Å². The molecule has 0 unspecified atom stereocenters. The van der Waals surface area contributed by atoms with Crippen molar-refractivity contribution in [2.24, 2.45) is 0 Å². The summed E-state index contributed by atoms with van der Waals surface area (Å²) >= 11 is 1.26. The van der Waals surface area contributed by atoms with Crippen LogP contribution < -0.4 is 10.1 Å². The van der Waals surface area contributed by atoms with Gasteiger partial charge in [0.05, 0.1) is 17.0 Å². The molecule has 2 aromatic carbocycles. The van der Waals surface area contributed by atoms with Gasteiger partial charge in [-0.25, -0.2) is 4.79 Å². The zero-order chi connectivity index (χ0) is 20.6. The Morgan fingerprint density at radius 1 is 0.897 bits per heavy atom. The first kappa shape index (κ1) is 20.3. The minimum atomic E-state index is -0.584. The van der Waals surface area contributed by atoms with Crippen LogP contribution in [-0.2, 0) is 16.1 Å². The molecule has 1 heterocycles. The number of Topliss-reactive ketones (excluding diaryl/α,β-unsaturated/α-hetero) is 1. The van der Waals surface area contributed by atoms with E-state index in [2.05, 4.69) is 5.32 Å². The van der Waals surface area contributed by atoms with E-state index in [4.69, 9.17) is 9.47 Å². The Hall–Kier alpha value is -3.45. The van der Waals surface area contributed by atoms with Crippen molar-refractivity contribution in [3.8, 4) is 11.5 Å². The van der Waals surface area contributed by atoms with Gasteiger partial charge in [-0.1, -0.05) is 18.2 Å². The Bertz CT molecular complexity index is 996. The Kier molecular flexibility index (Phi) is 6.76. The molecule has 6 nitrogen and oxygen atoms in total. The Balaban J connectivity index is 1.51. The highest BCUT2D eigenvalue weighted by Crippen LogP contribution is 2.21. The van der Waals surface area contributed by atoms with E-state index in [1.54, 1.807) is 36.4 Å². The van der Waals surface area contributed by atoms with Gasteiger partial charge in [-0.15, -0.1) is 11.3 Å². The van der Waals surface area contributed by atoms with Crippen LogP contribution in [-0.4, -0.2) is 24.3 Å². The number of hydrogen-bond acceptors (Lipinski definition) is 6. The number of thiophene rings is 1. The Morgan fingerprint density at radius 3 is 2.28 bits per heavy atom. The molecular weight excluding hydrogens is 390 g/mol. The van der Waals surface area contributed by atoms with Crippen LogP contribution in [0.3, 0.4) is 0 Å². The smallest absolute Gasteiger partial charge is 0.338 e. The number of para-hydroxylation sites is 1. The van der Waals surface area contributed by atoms with E-state index >= 15 is 0 Å². The number of carbonyl (C=O) groups excluding carboxylic acids is 3. The van der Waals surface area contributed by atoms with Crippen LogP contribution in [0.5, 0.6) is 11.5 Å². The summed E-state index contributed by atoms with van der Waals surface area (Å²) in [5.74, 6) is 0.276. The summed E-state index contributed by atoms with van der Waals surface area (Å²) in [6.45, 7) is 1.45. The highest BCUT2D eigenvalue weighted by Gasteiger charge is 2.14. The maximum absolute atomic E-state index is 12.2. The summed E-state index contributed by atoms with van der Waals surface area (Å²) in [7, 11) is 0. The van der Waals surface area contributed by atoms with E-state index in [9.17, 15) is 14.4 Å². The summed E-state index contributed by atoms with van der Waals surface area (Å²) in [6, 6.07) is 19.2. The molecule has 0 saturated carbocycles. The molecule has 0 saturated heterocycles. The summed E-state index contributed by atoms with van der Waals surface area (Å²) in [6.07, 6.45) is 0. The number of hydrogen-bond donors (Lipinski definition) is 1. The number of nitrogens with one attached hydrogen (secondary N) is 1. The molecule has 0 radical (unpaired) electrons. The molecular formula is C22H19NO5S. The van der Waals surface area contributed by atoms with E-state index in [0.717, 1.165) is 4.88 Å². The predicted molar refractivity (Wildman–Crippen MR) is 109 cm³/mol. The van der Waals surface area contributed by atoms with Crippen LogP contribution in [0, 0.1) is 0 Å². The summed E-state index contributed by atoms with van der Waals surface area (Å²) < 4.78 is 10.8. The first-order chi connectivity index (χ1) is 14.0. The maximum atomic E-state index is 12.2. The topological polar surface area (TPSA) is 81.7 Å². The molecule has 3 aromatic rings. The number of rotatable bonds is 8. The minimum Gasteiger partial charge on any atom is -0.457 e. The van der Waals surface area contributed by atoms with Crippen molar-refractivity contribution < 1.29 is 23.9 Å². The van der Waals surface area contributed by atoms with Crippen molar-refractivity contribution in [2.45, 2.75) is 13.5 Å². The molecule has 29 heavy (non-hydrogen) atoms. The zero-order valence-corrected chi connectivity index (χ0v) is 16.5. The molecule has 1 amide bonds. The van der Waals surface area contributed by atoms with Crippen LogP contribution in [0.15, 0.2) is 66.7 Å². The second kappa shape index (κ2) is 9.66. The fraction of sp³-hybridized carbons (Fsp3) is 0.136. The van der Waals surface area contributed by atoms with E-state index in [-0.39, 0.29) is 18.3 Å². The van der Waals surface area contributed by atoms with Gasteiger partial charge in [0, 0.05) is 11.8 Å². The summed E-state index contributed by atoms with van der Waals surface area (Å²) in [5.41, 5.74) is 0.329. The molecule has 0 atom stereocenters. The first-order valence-corrected chi connectivity index (χ1v) is 9.69. The molecule has 0 aliphatic heterocycles. The lowest BCUT2D eigenvalue weighted by Crippen LogP contribution is -2.18. The van der Waals surface area contributed by atoms with Gasteiger partial charge >= 0.3 is 5.97 Å². The summed E-state index contributed by atoms with van der Waals surface area (Å²) in [4.78, 5) is 36.7. The van der Waals surface area contributed by atoms with Gasteiger partial charge in [0.1, 0.15) is 11.5 Å². The SMILES string of the molecule is CC(=O)NCc1ccc(C(=O)COC(=O)c2ccc(Oc3ccccc3)cc2)s1. The van der Waals surface area contributed by atoms with Gasteiger partial charge in [-0.2, -0.15) is 0 Å². The minimum absolute atomic E-state index is 0.139. The Morgan fingerprint density at radius 2 is 1.59 bits per heavy atom. The van der Waals surface area contributed by atoms with Crippen LogP contribution >= 0.6 is 11.3 Å². The molecule has 0 aliphatic rings. The van der Waals surface area contributed by atoms with Crippen molar-refractivity contribution in [2.75, 3.05) is 6.61 Å². The van der Waals surface area contributed by atoms with Crippen molar-refractivity contribution in [1.82, 2.24) is 5.32 Å². The van der Waals surface area contributed by atoms with Gasteiger partial charge < -0.3 is 14.8 Å². The van der Waals surface area contributed by atoms with Crippen LogP contribution in [0.25, 0.3) is 0 Å². The van der Waals surface area contributed by atoms with Gasteiger partial charge in [-0.3, -0.25) is 9.59 Å². The van der Waals surface area contributed by atoms with E-state index in [1.807, 2.05) is 30.3 Å². The van der Waals surface area contributed by atoms with E-state index in [0.29, 0.717) is 28.5 Å². The van der Waals surface area contributed by atoms with Gasteiger partial charge in [0.25, 0.3) is 0 Å². The fourth-order valence-electron chi connectivity index (χ4n) is 2.40. The first-order valence-electron chi connectivity index (χ1n) is 8.88. The lowest BCUT2D eigenvalue weighted by molar-refractivity contribution is -0.119. The zero-order valence-electron chi connectivity index (χ0n) is 15.7. The molecule has 0 spiro atoms. The normalized spacial score (nSPS) is 10.2. The van der Waals surface area contributed by atoms with Crippen molar-refractivity contribution in [3.63, 3.8) is 0 Å². The quantitative estimate of drug-likeness (QED) is 0.445. The standard InChI is InChI=1S/C22H19NO5S/c1-15(24)23-13-19-11-12-21(29-19)20(25)14-27-22(26)16-7-9-18(10-8-16)28-17-5-3-2-4-6-17/h2-12H,13-14H2,1H3,(H,23,24). The number of ketones is 1. The summed E-state index contributed by atoms with van der Waals surface area (Å²) in [5, 5.41) is 2.67. The predicted octanol–water partition coefficient (Wildman–Crippen LogP) is 4.22. The molecule has 0 aliphatic carbocycles. The second-order valence-electron chi connectivity index (χ2n) is 6.11. The third-order valence-electron chi connectivity index (χ3n) is 3.85. The van der Waals surface area contributed by atoms with E-state index in [1.165, 1.54) is 18.3 Å². The number of esters is 1. The van der Waals surface area contributed by atoms with Crippen LogP contribution in [0.2, 0.25) is 0 Å². The monoisotopic (exact) mass is 409 g/mol. The third-order valence-corrected chi connectivity index (χ3v) is 4.98. The number of amides is 1. The van der Waals surface area contributed by atoms with E-state index < -0.39 is 5.97 Å². The average molecular weight is 409 g/mol. The van der Waals surface area contributed by atoms with Crippen molar-refractivity contribution in [1.29, 1.82) is 0 Å². The fourth-order valence-corrected chi connectivity index (χ4v) is 3.28. The molecule has 0 bridgehead atoms. The molecule has 3 rings (SSSR count). The lowest BCUT2D eigenvalue weighted by Gasteiger charge is -2.07. The highest BCUT2D eigenvalue weighted by atomic mass is 32.1. The highest BCUT2D eigenvalue weighted by molar-refractivity contribution is 7.14. The average Bonchev–Trinajstić information content (AvgIpc) is 3.21. The number of ether oxygens (including phenoxy) is 2. The number of benzene rings is 2. The molecule has 148 valence electrons. The van der Waals surface area contributed by atoms with Gasteiger partial charge in [0.15, 0.2) is 6.61 Å². The number of carbonyl (C=O) groups is 3. The molecule has 7 heteroatoms. The third kappa shape index (κ3) is 6.02.